The Hall–Kier alpha value is -5.56. The Labute approximate surface area is 302 Å². The van der Waals surface area contributed by atoms with E-state index in [1.807, 2.05) is 78.9 Å². The zero-order valence-corrected chi connectivity index (χ0v) is 29.0. The molecule has 3 heterocycles. The van der Waals surface area contributed by atoms with Gasteiger partial charge in [0, 0.05) is 24.1 Å². The quantitative estimate of drug-likeness (QED) is 0.246. The maximum absolute atomic E-state index is 14.5. The maximum atomic E-state index is 14.5. The van der Waals surface area contributed by atoms with Crippen LogP contribution in [-0.2, 0) is 33.8 Å². The molecule has 4 aromatic rings. The Bertz CT molecular complexity index is 2050. The zero-order chi connectivity index (χ0) is 35.8. The van der Waals surface area contributed by atoms with Crippen LogP contribution in [0.3, 0.4) is 0 Å². The number of aliphatic carboxylic acids is 1. The highest BCUT2D eigenvalue weighted by atomic mass is 16.6. The number of carbonyl (C=O) groups is 3. The summed E-state index contributed by atoms with van der Waals surface area (Å²) in [6.45, 7) is 2.36. The average Bonchev–Trinajstić information content (AvgIpc) is 3.46. The highest BCUT2D eigenvalue weighted by Crippen LogP contribution is 2.45. The maximum Gasteiger partial charge on any atom is 0.408 e. The Kier molecular flexibility index (Phi) is 9.18. The van der Waals surface area contributed by atoms with E-state index in [2.05, 4.69) is 24.1 Å². The van der Waals surface area contributed by atoms with Crippen LogP contribution in [0.5, 0.6) is 11.6 Å². The van der Waals surface area contributed by atoms with Gasteiger partial charge in [-0.25, -0.2) is 14.6 Å². The molecular weight excluding hydrogens is 658 g/mol. The molecule has 4 aliphatic rings. The normalized spacial score (nSPS) is 25.9. The summed E-state index contributed by atoms with van der Waals surface area (Å²) in [5, 5.41) is 14.1. The predicted molar refractivity (Wildman–Crippen MR) is 193 cm³/mol. The first-order valence-electron chi connectivity index (χ1n) is 18.2. The second-order valence-corrected chi connectivity index (χ2v) is 14.4. The summed E-state index contributed by atoms with van der Waals surface area (Å²) in [5.41, 5.74) is 4.35. The largest absolute Gasteiger partial charge is 0.487 e. The van der Waals surface area contributed by atoms with E-state index in [0.717, 1.165) is 34.9 Å². The molecule has 52 heavy (non-hydrogen) atoms. The van der Waals surface area contributed by atoms with Gasteiger partial charge in [-0.1, -0.05) is 85.5 Å². The molecule has 10 nitrogen and oxygen atoms in total. The first-order valence-corrected chi connectivity index (χ1v) is 18.2. The first kappa shape index (κ1) is 33.6. The number of hydrogen-bond donors (Lipinski definition) is 2. The minimum atomic E-state index is -1.17. The molecule has 0 radical (unpaired) electrons. The number of aromatic nitrogens is 1. The van der Waals surface area contributed by atoms with Crippen LogP contribution in [0.1, 0.15) is 54.9 Å². The third kappa shape index (κ3) is 6.75. The van der Waals surface area contributed by atoms with Gasteiger partial charge in [0.05, 0.1) is 12.1 Å². The van der Waals surface area contributed by atoms with Gasteiger partial charge < -0.3 is 29.5 Å². The third-order valence-electron chi connectivity index (χ3n) is 11.0. The molecule has 266 valence electrons. The van der Waals surface area contributed by atoms with E-state index in [4.69, 9.17) is 19.2 Å². The van der Waals surface area contributed by atoms with Crippen molar-refractivity contribution in [2.75, 3.05) is 6.54 Å². The Morgan fingerprint density at radius 3 is 2.50 bits per heavy atom. The van der Waals surface area contributed by atoms with Crippen LogP contribution in [0.15, 0.2) is 78.9 Å². The molecule has 2 N–H and O–H groups in total. The van der Waals surface area contributed by atoms with Gasteiger partial charge in [-0.05, 0) is 66.3 Å². The molecule has 2 aliphatic heterocycles. The molecule has 2 fully saturated rings. The topological polar surface area (TPSA) is 127 Å². The van der Waals surface area contributed by atoms with Gasteiger partial charge in [-0.15, -0.1) is 0 Å². The minimum Gasteiger partial charge on any atom is -0.487 e. The molecule has 10 heteroatoms. The fourth-order valence-corrected chi connectivity index (χ4v) is 8.13. The number of carboxylic acids is 1. The Balaban J connectivity index is 1.16. The van der Waals surface area contributed by atoms with Crippen LogP contribution in [0.25, 0.3) is 10.9 Å². The molecule has 1 saturated carbocycles. The standard InChI is InChI=1S/C42H41N3O7/c1-25-31-16-6-3-7-18-33-38(50-24-26-12-4-2-5-13-26)32-17-10-11-19-34(32)43-39(33)51-30-22-35(41(47)48)45(23-30)40(46)36(44-42(49)52-37(25)31)29-20-27-14-8-9-15-28(27)21-29/h2,4-5,8-15,17,19,25,29-31,35-37H,3,6,16,20-24H2,1H3,(H,44,49)(H,47,48)/t25?,30-,31-,35+,36+,37-/m1/s1. The van der Waals surface area contributed by atoms with Crippen LogP contribution >= 0.6 is 0 Å². The summed E-state index contributed by atoms with van der Waals surface area (Å²) in [6, 6.07) is 23.3. The molecule has 0 spiro atoms. The van der Waals surface area contributed by atoms with Crippen LogP contribution < -0.4 is 14.8 Å². The number of amides is 2. The van der Waals surface area contributed by atoms with E-state index in [-0.39, 0.29) is 42.7 Å². The van der Waals surface area contributed by atoms with E-state index in [0.29, 0.717) is 42.7 Å². The second kappa shape index (κ2) is 14.2. The number of fused-ring (bicyclic) bond motifs is 6. The number of nitrogens with one attached hydrogen (secondary N) is 1. The number of rotatable bonds is 5. The van der Waals surface area contributed by atoms with Crippen LogP contribution in [-0.4, -0.2) is 63.8 Å². The number of carbonyl (C=O) groups excluding carboxylic acids is 2. The van der Waals surface area contributed by atoms with Crippen molar-refractivity contribution in [3.8, 4) is 23.5 Å². The monoisotopic (exact) mass is 699 g/mol. The number of nitrogens with zero attached hydrogens (tertiary/aromatic N) is 2. The molecule has 2 aliphatic carbocycles. The molecule has 3 aromatic carbocycles. The zero-order valence-electron chi connectivity index (χ0n) is 29.0. The van der Waals surface area contributed by atoms with E-state index < -0.39 is 36.2 Å². The molecular formula is C42H41N3O7. The summed E-state index contributed by atoms with van der Waals surface area (Å²) in [5.74, 6) is 5.89. The number of para-hydroxylation sites is 1. The van der Waals surface area contributed by atoms with Crippen molar-refractivity contribution in [1.29, 1.82) is 0 Å². The fourth-order valence-electron chi connectivity index (χ4n) is 8.13. The highest BCUT2D eigenvalue weighted by molar-refractivity contribution is 5.91. The molecule has 1 unspecified atom stereocenters. The summed E-state index contributed by atoms with van der Waals surface area (Å²) in [7, 11) is 0. The molecule has 8 rings (SSSR count). The number of pyridine rings is 1. The molecule has 1 saturated heterocycles. The number of hydrogen-bond acceptors (Lipinski definition) is 7. The summed E-state index contributed by atoms with van der Waals surface area (Å²) >= 11 is 0. The highest BCUT2D eigenvalue weighted by Gasteiger charge is 2.50. The summed E-state index contributed by atoms with van der Waals surface area (Å²) < 4.78 is 19.0. The Morgan fingerprint density at radius 1 is 1.00 bits per heavy atom. The van der Waals surface area contributed by atoms with Crippen molar-refractivity contribution in [3.63, 3.8) is 0 Å². The molecule has 1 aromatic heterocycles. The number of alkyl carbamates (subject to hydrolysis) is 1. The Morgan fingerprint density at radius 2 is 1.73 bits per heavy atom. The van der Waals surface area contributed by atoms with Crippen molar-refractivity contribution in [2.24, 2.45) is 17.8 Å². The van der Waals surface area contributed by atoms with Crippen LogP contribution in [0.2, 0.25) is 0 Å². The minimum absolute atomic E-state index is 0.00793. The molecule has 6 atom stereocenters. The van der Waals surface area contributed by atoms with Gasteiger partial charge in [-0.3, -0.25) is 4.79 Å². The lowest BCUT2D eigenvalue weighted by Crippen LogP contribution is -2.55. The first-order chi connectivity index (χ1) is 25.3. The lowest BCUT2D eigenvalue weighted by atomic mass is 9.95. The van der Waals surface area contributed by atoms with Gasteiger partial charge in [0.1, 0.15) is 42.2 Å². The van der Waals surface area contributed by atoms with Gasteiger partial charge in [0.2, 0.25) is 11.8 Å². The van der Waals surface area contributed by atoms with Crippen LogP contribution in [0, 0.1) is 29.6 Å². The summed E-state index contributed by atoms with van der Waals surface area (Å²) in [4.78, 5) is 46.9. The number of ether oxygens (including phenoxy) is 3. The SMILES string of the molecule is CC1[C@H]2CCCC#Cc3c(nc4ccccc4c3OCc3ccccc3)O[C@@H]3C[C@@H](C(=O)O)N(C3)C(=O)[C@H](C3Cc4ccccc4C3)NC(=O)O[C@H]12. The van der Waals surface area contributed by atoms with Crippen molar-refractivity contribution in [1.82, 2.24) is 15.2 Å². The number of benzene rings is 3. The molecule has 2 amide bonds. The van der Waals surface area contributed by atoms with Crippen molar-refractivity contribution >= 4 is 28.9 Å². The summed E-state index contributed by atoms with van der Waals surface area (Å²) in [6.07, 6.45) is 1.82. The van der Waals surface area contributed by atoms with E-state index in [1.54, 1.807) is 0 Å². The van der Waals surface area contributed by atoms with E-state index in [9.17, 15) is 19.5 Å². The van der Waals surface area contributed by atoms with Gasteiger partial charge in [-0.2, -0.15) is 0 Å². The van der Waals surface area contributed by atoms with E-state index >= 15 is 0 Å². The van der Waals surface area contributed by atoms with Crippen LogP contribution in [0.4, 0.5) is 4.79 Å². The fraction of sp³-hybridized carbons (Fsp3) is 0.381. The predicted octanol–water partition coefficient (Wildman–Crippen LogP) is 5.93. The smallest absolute Gasteiger partial charge is 0.408 e. The number of carboxylic acid groups (broad SMARTS) is 1. The third-order valence-corrected chi connectivity index (χ3v) is 11.0. The van der Waals surface area contributed by atoms with Gasteiger partial charge >= 0.3 is 12.1 Å². The molecule has 2 bridgehead atoms. The second-order valence-electron chi connectivity index (χ2n) is 14.4. The average molecular weight is 700 g/mol. The van der Waals surface area contributed by atoms with Crippen molar-refractivity contribution < 1.29 is 33.7 Å². The van der Waals surface area contributed by atoms with E-state index in [1.165, 1.54) is 4.90 Å². The lowest BCUT2D eigenvalue weighted by molar-refractivity contribution is -0.149. The van der Waals surface area contributed by atoms with Gasteiger partial charge in [0.15, 0.2) is 0 Å². The van der Waals surface area contributed by atoms with Crippen molar-refractivity contribution in [2.45, 2.75) is 76.3 Å². The lowest BCUT2D eigenvalue weighted by Gasteiger charge is -2.30. The van der Waals surface area contributed by atoms with Crippen molar-refractivity contribution in [3.05, 3.63) is 101 Å². The van der Waals surface area contributed by atoms with Gasteiger partial charge in [0.25, 0.3) is 0 Å².